The zero-order chi connectivity index (χ0) is 27.9. The topological polar surface area (TPSA) is 115 Å². The third kappa shape index (κ3) is 6.67. The molecule has 0 radical (unpaired) electrons. The first-order valence-corrected chi connectivity index (χ1v) is 14.3. The number of halogens is 1. The van der Waals surface area contributed by atoms with E-state index in [-0.39, 0.29) is 33.7 Å². The van der Waals surface area contributed by atoms with Gasteiger partial charge in [0, 0.05) is 22.8 Å². The maximum atomic E-state index is 13.2. The molecule has 0 spiro atoms. The molecule has 0 atom stereocenters. The van der Waals surface area contributed by atoms with Gasteiger partial charge in [-0.2, -0.15) is 0 Å². The van der Waals surface area contributed by atoms with Gasteiger partial charge in [0.25, 0.3) is 5.91 Å². The summed E-state index contributed by atoms with van der Waals surface area (Å²) in [4.78, 5) is 39.0. The van der Waals surface area contributed by atoms with Gasteiger partial charge in [0.05, 0.1) is 17.9 Å². The molecule has 202 valence electrons. The first-order valence-electron chi connectivity index (χ1n) is 12.1. The highest BCUT2D eigenvalue weighted by Gasteiger charge is 2.27. The number of esters is 1. The summed E-state index contributed by atoms with van der Waals surface area (Å²) in [6, 6.07) is 16.3. The van der Waals surface area contributed by atoms with Crippen LogP contribution in [0.2, 0.25) is 5.02 Å². The van der Waals surface area contributed by atoms with Crippen LogP contribution in [0.15, 0.2) is 59.8 Å². The summed E-state index contributed by atoms with van der Waals surface area (Å²) in [6.45, 7) is 6.11. The number of benzene rings is 2. The van der Waals surface area contributed by atoms with E-state index in [0.29, 0.717) is 33.8 Å². The van der Waals surface area contributed by atoms with Gasteiger partial charge in [0.2, 0.25) is 5.91 Å². The molecule has 0 saturated carbocycles. The molecule has 0 saturated heterocycles. The lowest BCUT2D eigenvalue weighted by Gasteiger charge is -2.09. The third-order valence-electron chi connectivity index (χ3n) is 5.57. The van der Waals surface area contributed by atoms with E-state index in [2.05, 4.69) is 20.8 Å². The Kier molecular flexibility index (Phi) is 9.39. The van der Waals surface area contributed by atoms with E-state index in [1.165, 1.54) is 11.8 Å². The Morgan fingerprint density at radius 2 is 1.82 bits per heavy atom. The predicted molar refractivity (Wildman–Crippen MR) is 155 cm³/mol. The van der Waals surface area contributed by atoms with Crippen molar-refractivity contribution < 1.29 is 19.1 Å². The number of nitrogens with zero attached hydrogens (tertiary/aromatic N) is 3. The fourth-order valence-electron chi connectivity index (χ4n) is 3.80. The lowest BCUT2D eigenvalue weighted by molar-refractivity contribution is -0.113. The number of rotatable bonds is 10. The van der Waals surface area contributed by atoms with E-state index in [1.807, 2.05) is 29.7 Å². The number of nitrogens with one attached hydrogen (secondary N) is 2. The SMILES string of the molecule is CCOC(=O)c1sc(NC(=O)CSc2nnc(-c3cccc(Cl)c3)n2CC)c(C(=O)Nc2ccccc2)c1C. The Morgan fingerprint density at radius 1 is 1.05 bits per heavy atom. The molecule has 4 aromatic rings. The van der Waals surface area contributed by atoms with Gasteiger partial charge in [0.15, 0.2) is 11.0 Å². The molecule has 0 bridgehead atoms. The molecule has 39 heavy (non-hydrogen) atoms. The molecule has 0 fully saturated rings. The van der Waals surface area contributed by atoms with Gasteiger partial charge >= 0.3 is 5.97 Å². The van der Waals surface area contributed by atoms with E-state index in [9.17, 15) is 14.4 Å². The minimum Gasteiger partial charge on any atom is -0.462 e. The minimum absolute atomic E-state index is 0.0130. The fourth-order valence-corrected chi connectivity index (χ4v) is 5.90. The Labute approximate surface area is 238 Å². The summed E-state index contributed by atoms with van der Waals surface area (Å²) in [5.74, 6) is -0.686. The first kappa shape index (κ1) is 28.3. The summed E-state index contributed by atoms with van der Waals surface area (Å²) in [7, 11) is 0. The van der Waals surface area contributed by atoms with E-state index >= 15 is 0 Å². The standard InChI is InChI=1S/C27H26ClN5O4S2/c1-4-33-23(17-10-9-11-18(28)14-17)31-32-27(33)38-15-20(34)30-25-21(16(3)22(39-25)26(36)37-5-2)24(35)29-19-12-7-6-8-13-19/h6-14H,4-5,15H2,1-3H3,(H,29,35)(H,30,34). The van der Waals surface area contributed by atoms with Crippen LogP contribution in [0, 0.1) is 6.92 Å². The molecule has 0 aliphatic heterocycles. The number of hydrogen-bond donors (Lipinski definition) is 2. The Morgan fingerprint density at radius 3 is 2.51 bits per heavy atom. The number of anilines is 2. The molecule has 0 unspecified atom stereocenters. The monoisotopic (exact) mass is 583 g/mol. The zero-order valence-electron chi connectivity index (χ0n) is 21.5. The van der Waals surface area contributed by atoms with E-state index in [1.54, 1.807) is 50.2 Å². The highest BCUT2D eigenvalue weighted by Crippen LogP contribution is 2.35. The Hall–Kier alpha value is -3.67. The maximum absolute atomic E-state index is 13.2. The zero-order valence-corrected chi connectivity index (χ0v) is 23.9. The van der Waals surface area contributed by atoms with Crippen molar-refractivity contribution in [1.82, 2.24) is 14.8 Å². The van der Waals surface area contributed by atoms with E-state index in [0.717, 1.165) is 16.9 Å². The number of aromatic nitrogens is 3. The van der Waals surface area contributed by atoms with Crippen LogP contribution in [-0.4, -0.2) is 44.9 Å². The predicted octanol–water partition coefficient (Wildman–Crippen LogP) is 6.15. The van der Waals surface area contributed by atoms with Gasteiger partial charge in [0.1, 0.15) is 9.88 Å². The summed E-state index contributed by atoms with van der Waals surface area (Å²) in [5.41, 5.74) is 2.06. The highest BCUT2D eigenvalue weighted by atomic mass is 35.5. The second-order valence-electron chi connectivity index (χ2n) is 8.20. The fraction of sp³-hybridized carbons (Fsp3) is 0.222. The second kappa shape index (κ2) is 12.9. The molecule has 2 heterocycles. The van der Waals surface area contributed by atoms with Gasteiger partial charge in [-0.3, -0.25) is 9.59 Å². The van der Waals surface area contributed by atoms with Crippen LogP contribution in [0.5, 0.6) is 0 Å². The van der Waals surface area contributed by atoms with E-state index in [4.69, 9.17) is 16.3 Å². The maximum Gasteiger partial charge on any atom is 0.348 e. The first-order chi connectivity index (χ1) is 18.8. The molecular weight excluding hydrogens is 558 g/mol. The van der Waals surface area contributed by atoms with Gasteiger partial charge in [-0.1, -0.05) is 53.7 Å². The quantitative estimate of drug-likeness (QED) is 0.170. The number of carbonyl (C=O) groups is 3. The van der Waals surface area contributed by atoms with Crippen molar-refractivity contribution in [3.8, 4) is 11.4 Å². The third-order valence-corrected chi connectivity index (χ3v) is 7.96. The van der Waals surface area contributed by atoms with Gasteiger partial charge < -0.3 is 19.9 Å². The van der Waals surface area contributed by atoms with Crippen LogP contribution in [0.4, 0.5) is 10.7 Å². The van der Waals surface area contributed by atoms with Crippen LogP contribution in [-0.2, 0) is 16.1 Å². The summed E-state index contributed by atoms with van der Waals surface area (Å²) >= 11 is 8.36. The van der Waals surface area contributed by atoms with Crippen LogP contribution < -0.4 is 10.6 Å². The molecular formula is C27H26ClN5O4S2. The Balaban J connectivity index is 1.53. The minimum atomic E-state index is -0.548. The Bertz CT molecular complexity index is 1500. The van der Waals surface area contributed by atoms with Gasteiger partial charge in [-0.15, -0.1) is 21.5 Å². The molecule has 2 N–H and O–H groups in total. The van der Waals surface area contributed by atoms with Crippen molar-refractivity contribution >= 4 is 63.2 Å². The van der Waals surface area contributed by atoms with E-state index < -0.39 is 11.9 Å². The van der Waals surface area contributed by atoms with Gasteiger partial charge in [-0.05, 0) is 50.6 Å². The molecule has 0 aliphatic rings. The molecule has 4 rings (SSSR count). The number of amides is 2. The van der Waals surface area contributed by atoms with Gasteiger partial charge in [-0.25, -0.2) is 4.79 Å². The largest absolute Gasteiger partial charge is 0.462 e. The van der Waals surface area contributed by atoms with Crippen LogP contribution in [0.3, 0.4) is 0 Å². The number of para-hydroxylation sites is 1. The van der Waals surface area contributed by atoms with Crippen molar-refractivity contribution in [2.75, 3.05) is 23.0 Å². The smallest absolute Gasteiger partial charge is 0.348 e. The lowest BCUT2D eigenvalue weighted by Crippen LogP contribution is -2.19. The average molecular weight is 584 g/mol. The lowest BCUT2D eigenvalue weighted by atomic mass is 10.1. The summed E-state index contributed by atoms with van der Waals surface area (Å²) in [5, 5.41) is 15.6. The van der Waals surface area contributed by atoms with Crippen molar-refractivity contribution in [3.05, 3.63) is 75.6 Å². The van der Waals surface area contributed by atoms with Crippen LogP contribution >= 0.6 is 34.7 Å². The van der Waals surface area contributed by atoms with Crippen molar-refractivity contribution in [3.63, 3.8) is 0 Å². The number of hydrogen-bond acceptors (Lipinski definition) is 8. The number of carbonyl (C=O) groups excluding carboxylic acids is 3. The molecule has 2 amide bonds. The second-order valence-corrected chi connectivity index (χ2v) is 10.6. The average Bonchev–Trinajstić information content (AvgIpc) is 3.48. The molecule has 0 aliphatic carbocycles. The number of thioether (sulfide) groups is 1. The number of ether oxygens (including phenoxy) is 1. The normalized spacial score (nSPS) is 10.8. The summed E-state index contributed by atoms with van der Waals surface area (Å²) in [6.07, 6.45) is 0. The molecule has 9 nitrogen and oxygen atoms in total. The van der Waals surface area contributed by atoms with Crippen LogP contribution in [0.1, 0.15) is 39.4 Å². The molecule has 2 aromatic carbocycles. The molecule has 2 aromatic heterocycles. The van der Waals surface area contributed by atoms with Crippen molar-refractivity contribution in [1.29, 1.82) is 0 Å². The van der Waals surface area contributed by atoms with Crippen molar-refractivity contribution in [2.24, 2.45) is 0 Å². The summed E-state index contributed by atoms with van der Waals surface area (Å²) < 4.78 is 7.05. The number of thiophene rings is 1. The highest BCUT2D eigenvalue weighted by molar-refractivity contribution is 7.99. The molecule has 12 heteroatoms. The van der Waals surface area contributed by atoms with Crippen molar-refractivity contribution in [2.45, 2.75) is 32.5 Å². The van der Waals surface area contributed by atoms with Crippen LogP contribution in [0.25, 0.3) is 11.4 Å².